The number of pyridine rings is 1. The van der Waals surface area contributed by atoms with Crippen molar-refractivity contribution < 1.29 is 13.6 Å². The summed E-state index contributed by atoms with van der Waals surface area (Å²) in [6, 6.07) is 5.07. The quantitative estimate of drug-likeness (QED) is 0.818. The molecule has 98 valence electrons. The lowest BCUT2D eigenvalue weighted by Gasteiger charge is -2.08. The largest absolute Gasteiger partial charge is 0.394 e. The molecule has 0 bridgehead atoms. The van der Waals surface area contributed by atoms with E-state index in [4.69, 9.17) is 5.73 Å². The second-order valence-electron chi connectivity index (χ2n) is 3.94. The number of carbonyl (C=O) groups excluding carboxylic acids is 1. The van der Waals surface area contributed by atoms with Gasteiger partial charge in [0, 0.05) is 11.8 Å². The monoisotopic (exact) mass is 263 g/mol. The van der Waals surface area contributed by atoms with Crippen LogP contribution < -0.4 is 11.1 Å². The van der Waals surface area contributed by atoms with Crippen LogP contribution in [-0.2, 0) is 0 Å². The van der Waals surface area contributed by atoms with E-state index in [-0.39, 0.29) is 5.56 Å². The molecule has 0 atom stereocenters. The van der Waals surface area contributed by atoms with E-state index in [0.717, 1.165) is 12.1 Å². The summed E-state index contributed by atoms with van der Waals surface area (Å²) >= 11 is 0. The maximum atomic E-state index is 13.3. The maximum Gasteiger partial charge on any atom is 0.255 e. The van der Waals surface area contributed by atoms with Gasteiger partial charge >= 0.3 is 0 Å². The highest BCUT2D eigenvalue weighted by Crippen LogP contribution is 2.19. The molecular formula is C13H11F2N3O. The Morgan fingerprint density at radius 3 is 2.53 bits per heavy atom. The lowest BCUT2D eigenvalue weighted by atomic mass is 10.1. The van der Waals surface area contributed by atoms with Crippen LogP contribution in [0.3, 0.4) is 0 Å². The van der Waals surface area contributed by atoms with Gasteiger partial charge in [0.15, 0.2) is 0 Å². The van der Waals surface area contributed by atoms with E-state index in [1.165, 1.54) is 0 Å². The first-order valence-corrected chi connectivity index (χ1v) is 5.46. The second kappa shape index (κ2) is 5.01. The van der Waals surface area contributed by atoms with Gasteiger partial charge in [0.05, 0.1) is 11.4 Å². The summed E-state index contributed by atoms with van der Waals surface area (Å²) in [5.74, 6) is -2.56. The summed E-state index contributed by atoms with van der Waals surface area (Å²) < 4.78 is 26.5. The number of hydrogen-bond acceptors (Lipinski definition) is 3. The minimum atomic E-state index is -0.965. The number of aryl methyl sites for hydroxylation is 1. The molecule has 0 fully saturated rings. The van der Waals surface area contributed by atoms with Crippen molar-refractivity contribution in [3.8, 4) is 0 Å². The number of nitrogens with zero attached hydrogens (tertiary/aromatic N) is 1. The first-order valence-electron chi connectivity index (χ1n) is 5.46. The SMILES string of the molecule is Cc1ncccc1NC(=O)c1cc(F)c(N)c(F)c1. The first-order chi connectivity index (χ1) is 8.99. The van der Waals surface area contributed by atoms with Crippen LogP contribution in [0, 0.1) is 18.6 Å². The Hall–Kier alpha value is -2.50. The molecule has 0 aliphatic heterocycles. The number of hydrogen-bond donors (Lipinski definition) is 2. The van der Waals surface area contributed by atoms with E-state index in [9.17, 15) is 13.6 Å². The normalized spacial score (nSPS) is 10.3. The van der Waals surface area contributed by atoms with E-state index in [1.54, 1.807) is 25.3 Å². The van der Waals surface area contributed by atoms with E-state index < -0.39 is 23.2 Å². The summed E-state index contributed by atoms with van der Waals surface area (Å²) in [4.78, 5) is 15.9. The van der Waals surface area contributed by atoms with Crippen LogP contribution in [0.4, 0.5) is 20.2 Å². The second-order valence-corrected chi connectivity index (χ2v) is 3.94. The fraction of sp³-hybridized carbons (Fsp3) is 0.0769. The van der Waals surface area contributed by atoms with Gasteiger partial charge in [-0.2, -0.15) is 0 Å². The van der Waals surface area contributed by atoms with Crippen molar-refractivity contribution in [3.05, 3.63) is 53.4 Å². The zero-order valence-electron chi connectivity index (χ0n) is 10.1. The van der Waals surface area contributed by atoms with Crippen LogP contribution in [-0.4, -0.2) is 10.9 Å². The Morgan fingerprint density at radius 1 is 1.32 bits per heavy atom. The number of rotatable bonds is 2. The van der Waals surface area contributed by atoms with Gasteiger partial charge < -0.3 is 11.1 Å². The van der Waals surface area contributed by atoms with Gasteiger partial charge in [-0.1, -0.05) is 0 Å². The van der Waals surface area contributed by atoms with Crippen molar-refractivity contribution in [1.29, 1.82) is 0 Å². The molecule has 0 saturated heterocycles. The molecule has 1 aromatic heterocycles. The number of nitrogens with one attached hydrogen (secondary N) is 1. The highest BCUT2D eigenvalue weighted by atomic mass is 19.1. The number of benzene rings is 1. The molecule has 2 rings (SSSR count). The summed E-state index contributed by atoms with van der Waals surface area (Å²) in [7, 11) is 0. The van der Waals surface area contributed by atoms with Crippen LogP contribution in [0.15, 0.2) is 30.5 Å². The molecule has 0 spiro atoms. The number of aromatic nitrogens is 1. The van der Waals surface area contributed by atoms with Crippen molar-refractivity contribution in [2.24, 2.45) is 0 Å². The topological polar surface area (TPSA) is 68.0 Å². The molecule has 2 aromatic rings. The third-order valence-electron chi connectivity index (χ3n) is 2.60. The molecular weight excluding hydrogens is 252 g/mol. The smallest absolute Gasteiger partial charge is 0.255 e. The number of halogens is 2. The fourth-order valence-corrected chi connectivity index (χ4v) is 1.53. The van der Waals surface area contributed by atoms with E-state index in [2.05, 4.69) is 10.3 Å². The standard InChI is InChI=1S/C13H11F2N3O/c1-7-11(3-2-4-17-7)18-13(19)8-5-9(14)12(16)10(15)6-8/h2-6H,16H2,1H3,(H,18,19). The summed E-state index contributed by atoms with van der Waals surface area (Å²) in [6.07, 6.45) is 1.58. The van der Waals surface area contributed by atoms with Crippen LogP contribution in [0.25, 0.3) is 0 Å². The summed E-state index contributed by atoms with van der Waals surface area (Å²) in [6.45, 7) is 1.71. The van der Waals surface area contributed by atoms with Crippen LogP contribution in [0.5, 0.6) is 0 Å². The maximum absolute atomic E-state index is 13.3. The predicted octanol–water partition coefficient (Wildman–Crippen LogP) is 2.50. The Bertz CT molecular complexity index is 621. The van der Waals surface area contributed by atoms with Gasteiger partial charge in [-0.05, 0) is 31.2 Å². The van der Waals surface area contributed by atoms with Gasteiger partial charge in [-0.3, -0.25) is 9.78 Å². The third-order valence-corrected chi connectivity index (χ3v) is 2.60. The van der Waals surface area contributed by atoms with Crippen molar-refractivity contribution in [3.63, 3.8) is 0 Å². The van der Waals surface area contributed by atoms with Crippen molar-refractivity contribution >= 4 is 17.3 Å². The van der Waals surface area contributed by atoms with E-state index >= 15 is 0 Å². The van der Waals surface area contributed by atoms with E-state index in [0.29, 0.717) is 11.4 Å². The zero-order chi connectivity index (χ0) is 14.0. The molecule has 1 heterocycles. The summed E-state index contributed by atoms with van der Waals surface area (Å²) in [5.41, 5.74) is 5.47. The van der Waals surface area contributed by atoms with Crippen molar-refractivity contribution in [1.82, 2.24) is 4.98 Å². The van der Waals surface area contributed by atoms with Gasteiger partial charge in [0.25, 0.3) is 5.91 Å². The number of anilines is 2. The first kappa shape index (κ1) is 12.9. The molecule has 3 N–H and O–H groups in total. The number of carbonyl (C=O) groups is 1. The van der Waals surface area contributed by atoms with Crippen LogP contribution >= 0.6 is 0 Å². The van der Waals surface area contributed by atoms with Gasteiger partial charge in [-0.25, -0.2) is 8.78 Å². The third kappa shape index (κ3) is 2.67. The molecule has 6 heteroatoms. The van der Waals surface area contributed by atoms with Crippen molar-refractivity contribution in [2.75, 3.05) is 11.1 Å². The average molecular weight is 263 g/mol. The predicted molar refractivity (Wildman–Crippen MR) is 67.7 cm³/mol. The number of nitrogens with two attached hydrogens (primary N) is 1. The molecule has 0 aliphatic rings. The minimum absolute atomic E-state index is 0.146. The molecule has 0 saturated carbocycles. The Morgan fingerprint density at radius 2 is 1.95 bits per heavy atom. The fourth-order valence-electron chi connectivity index (χ4n) is 1.53. The van der Waals surface area contributed by atoms with Crippen molar-refractivity contribution in [2.45, 2.75) is 6.92 Å². The Kier molecular flexibility index (Phi) is 3.41. The average Bonchev–Trinajstić information content (AvgIpc) is 2.38. The highest BCUT2D eigenvalue weighted by Gasteiger charge is 2.14. The Balaban J connectivity index is 2.28. The minimum Gasteiger partial charge on any atom is -0.394 e. The molecule has 4 nitrogen and oxygen atoms in total. The Labute approximate surface area is 108 Å². The van der Waals surface area contributed by atoms with Crippen LogP contribution in [0.1, 0.15) is 16.1 Å². The zero-order valence-corrected chi connectivity index (χ0v) is 10.1. The number of amides is 1. The molecule has 0 aliphatic carbocycles. The molecule has 19 heavy (non-hydrogen) atoms. The molecule has 0 radical (unpaired) electrons. The highest BCUT2D eigenvalue weighted by molar-refractivity contribution is 6.04. The lowest BCUT2D eigenvalue weighted by Crippen LogP contribution is -2.14. The van der Waals surface area contributed by atoms with Gasteiger partial charge in [0.1, 0.15) is 17.3 Å². The molecule has 1 amide bonds. The lowest BCUT2D eigenvalue weighted by molar-refractivity contribution is 0.102. The van der Waals surface area contributed by atoms with Gasteiger partial charge in [0.2, 0.25) is 0 Å². The van der Waals surface area contributed by atoms with Gasteiger partial charge in [-0.15, -0.1) is 0 Å². The summed E-state index contributed by atoms with van der Waals surface area (Å²) in [5, 5.41) is 2.52. The number of nitrogen functional groups attached to an aromatic ring is 1. The van der Waals surface area contributed by atoms with E-state index in [1.807, 2.05) is 0 Å². The van der Waals surface area contributed by atoms with Crippen LogP contribution in [0.2, 0.25) is 0 Å². The molecule has 0 unspecified atom stereocenters. The molecule has 1 aromatic carbocycles.